The second-order valence-corrected chi connectivity index (χ2v) is 5.28. The molecule has 0 aromatic carbocycles. The molecule has 0 aromatic heterocycles. The number of hydrogen-bond donors (Lipinski definition) is 0. The Labute approximate surface area is 81.1 Å². The first-order valence-electron chi connectivity index (χ1n) is 3.88. The summed E-state index contributed by atoms with van der Waals surface area (Å²) in [7, 11) is 0. The summed E-state index contributed by atoms with van der Waals surface area (Å²) < 4.78 is 0. The Kier molecular flexibility index (Phi) is 3.96. The Bertz CT molecular complexity index is 212. The molecule has 0 aliphatic carbocycles. The molecule has 1 heterocycles. The van der Waals surface area contributed by atoms with Gasteiger partial charge in [-0.25, -0.2) is 0 Å². The standard InChI is InChI=1S/C8H11NOS2/c1-6(10)12-5-8-7(4-9)2-3-11-8/h7-8H,2-3,5H2,1H3/t7-,8-/m0/s1. The second kappa shape index (κ2) is 4.78. The molecule has 0 unspecified atom stereocenters. The van der Waals surface area contributed by atoms with Gasteiger partial charge in [0.25, 0.3) is 0 Å². The van der Waals surface area contributed by atoms with Gasteiger partial charge in [0.05, 0.1) is 12.0 Å². The highest BCUT2D eigenvalue weighted by molar-refractivity contribution is 8.14. The molecule has 4 heteroatoms. The molecule has 0 bridgehead atoms. The normalized spacial score (nSPS) is 28.3. The van der Waals surface area contributed by atoms with Crippen LogP contribution in [0.15, 0.2) is 0 Å². The van der Waals surface area contributed by atoms with E-state index in [-0.39, 0.29) is 11.0 Å². The lowest BCUT2D eigenvalue weighted by Crippen LogP contribution is -2.13. The van der Waals surface area contributed by atoms with Crippen molar-refractivity contribution in [3.8, 4) is 6.07 Å². The largest absolute Gasteiger partial charge is 0.288 e. The minimum Gasteiger partial charge on any atom is -0.288 e. The van der Waals surface area contributed by atoms with Crippen LogP contribution in [0, 0.1) is 17.2 Å². The van der Waals surface area contributed by atoms with Crippen LogP contribution in [0.4, 0.5) is 0 Å². The molecule has 2 atom stereocenters. The molecule has 0 amide bonds. The molecular weight excluding hydrogens is 190 g/mol. The van der Waals surface area contributed by atoms with Crippen molar-refractivity contribution in [2.24, 2.45) is 5.92 Å². The van der Waals surface area contributed by atoms with Crippen LogP contribution >= 0.6 is 23.5 Å². The van der Waals surface area contributed by atoms with E-state index >= 15 is 0 Å². The van der Waals surface area contributed by atoms with Gasteiger partial charge in [-0.1, -0.05) is 11.8 Å². The quantitative estimate of drug-likeness (QED) is 0.684. The Hall–Kier alpha value is -0.140. The van der Waals surface area contributed by atoms with Crippen LogP contribution in [0.2, 0.25) is 0 Å². The molecule has 1 saturated heterocycles. The Morgan fingerprint density at radius 2 is 2.58 bits per heavy atom. The van der Waals surface area contributed by atoms with E-state index in [2.05, 4.69) is 6.07 Å². The van der Waals surface area contributed by atoms with Gasteiger partial charge in [0.2, 0.25) is 0 Å². The van der Waals surface area contributed by atoms with Crippen LogP contribution < -0.4 is 0 Å². The Morgan fingerprint density at radius 3 is 3.17 bits per heavy atom. The summed E-state index contributed by atoms with van der Waals surface area (Å²) in [6, 6.07) is 2.29. The summed E-state index contributed by atoms with van der Waals surface area (Å²) in [4.78, 5) is 10.7. The predicted molar refractivity (Wildman–Crippen MR) is 53.1 cm³/mol. The number of nitriles is 1. The molecule has 1 fully saturated rings. The monoisotopic (exact) mass is 201 g/mol. The van der Waals surface area contributed by atoms with Crippen molar-refractivity contribution >= 4 is 28.6 Å². The maximum Gasteiger partial charge on any atom is 0.185 e. The summed E-state index contributed by atoms with van der Waals surface area (Å²) in [6.45, 7) is 1.58. The minimum atomic E-state index is 0.152. The van der Waals surface area contributed by atoms with Gasteiger partial charge in [-0.3, -0.25) is 4.79 Å². The molecule has 1 aliphatic heterocycles. The first kappa shape index (κ1) is 9.94. The number of carbonyl (C=O) groups is 1. The fourth-order valence-corrected chi connectivity index (χ4v) is 3.50. The van der Waals surface area contributed by atoms with Gasteiger partial charge in [0.1, 0.15) is 0 Å². The minimum absolute atomic E-state index is 0.152. The molecule has 2 nitrogen and oxygen atoms in total. The Morgan fingerprint density at radius 1 is 1.83 bits per heavy atom. The zero-order valence-electron chi connectivity index (χ0n) is 6.95. The maximum atomic E-state index is 10.7. The number of hydrogen-bond acceptors (Lipinski definition) is 4. The highest BCUT2D eigenvalue weighted by Crippen LogP contribution is 2.33. The molecule has 0 saturated carbocycles. The molecular formula is C8H11NOS2. The highest BCUT2D eigenvalue weighted by Gasteiger charge is 2.27. The molecule has 0 aromatic rings. The van der Waals surface area contributed by atoms with Crippen LogP contribution in [0.1, 0.15) is 13.3 Å². The SMILES string of the molecule is CC(=O)SC[C@@H]1SCC[C@H]1C#N. The van der Waals surface area contributed by atoms with Crippen LogP contribution in [0.5, 0.6) is 0 Å². The van der Waals surface area contributed by atoms with E-state index in [0.29, 0.717) is 5.25 Å². The number of carbonyl (C=O) groups excluding carboxylic acids is 1. The molecule has 12 heavy (non-hydrogen) atoms. The number of rotatable bonds is 2. The fourth-order valence-electron chi connectivity index (χ4n) is 1.16. The van der Waals surface area contributed by atoms with E-state index in [1.54, 1.807) is 6.92 Å². The third-order valence-corrected chi connectivity index (χ3v) is 4.36. The van der Waals surface area contributed by atoms with Crippen LogP contribution in [-0.2, 0) is 4.79 Å². The maximum absolute atomic E-state index is 10.7. The van der Waals surface area contributed by atoms with Crippen molar-refractivity contribution < 1.29 is 4.79 Å². The average Bonchev–Trinajstić information content (AvgIpc) is 2.47. The zero-order valence-corrected chi connectivity index (χ0v) is 8.58. The van der Waals surface area contributed by atoms with E-state index in [1.165, 1.54) is 11.8 Å². The molecule has 66 valence electrons. The summed E-state index contributed by atoms with van der Waals surface area (Å²) in [5.74, 6) is 2.04. The summed E-state index contributed by atoms with van der Waals surface area (Å²) in [5, 5.41) is 9.27. The topological polar surface area (TPSA) is 40.9 Å². The van der Waals surface area contributed by atoms with E-state index < -0.39 is 0 Å². The molecule has 1 rings (SSSR count). The third kappa shape index (κ3) is 2.72. The highest BCUT2D eigenvalue weighted by atomic mass is 32.2. The first-order valence-corrected chi connectivity index (χ1v) is 5.92. The van der Waals surface area contributed by atoms with Crippen molar-refractivity contribution in [3.63, 3.8) is 0 Å². The summed E-state index contributed by atoms with van der Waals surface area (Å²) in [6.07, 6.45) is 0.990. The van der Waals surface area contributed by atoms with Gasteiger partial charge >= 0.3 is 0 Å². The summed E-state index contributed by atoms with van der Waals surface area (Å²) >= 11 is 3.16. The van der Waals surface area contributed by atoms with Crippen molar-refractivity contribution in [2.45, 2.75) is 18.6 Å². The van der Waals surface area contributed by atoms with Crippen LogP contribution in [-0.4, -0.2) is 21.9 Å². The average molecular weight is 201 g/mol. The number of nitrogens with zero attached hydrogens (tertiary/aromatic N) is 1. The third-order valence-electron chi connectivity index (χ3n) is 1.83. The van der Waals surface area contributed by atoms with Gasteiger partial charge in [-0.05, 0) is 12.2 Å². The molecule has 0 radical (unpaired) electrons. The lowest BCUT2D eigenvalue weighted by atomic mass is 10.1. The van der Waals surface area contributed by atoms with Gasteiger partial charge in [-0.2, -0.15) is 17.0 Å². The molecule has 1 aliphatic rings. The fraction of sp³-hybridized carbons (Fsp3) is 0.750. The van der Waals surface area contributed by atoms with Gasteiger partial charge in [0, 0.05) is 17.9 Å². The zero-order chi connectivity index (χ0) is 8.97. The van der Waals surface area contributed by atoms with Crippen LogP contribution in [0.25, 0.3) is 0 Å². The van der Waals surface area contributed by atoms with E-state index in [0.717, 1.165) is 17.9 Å². The van der Waals surface area contributed by atoms with E-state index in [9.17, 15) is 4.79 Å². The predicted octanol–water partition coefficient (Wildman–Crippen LogP) is 1.91. The molecule has 0 N–H and O–H groups in total. The van der Waals surface area contributed by atoms with Crippen molar-refractivity contribution in [1.29, 1.82) is 5.26 Å². The van der Waals surface area contributed by atoms with Crippen molar-refractivity contribution in [2.75, 3.05) is 11.5 Å². The van der Waals surface area contributed by atoms with Crippen LogP contribution in [0.3, 0.4) is 0 Å². The van der Waals surface area contributed by atoms with Gasteiger partial charge in [-0.15, -0.1) is 0 Å². The first-order chi connectivity index (χ1) is 5.74. The van der Waals surface area contributed by atoms with E-state index in [1.807, 2.05) is 11.8 Å². The second-order valence-electron chi connectivity index (χ2n) is 2.74. The lowest BCUT2D eigenvalue weighted by Gasteiger charge is -2.09. The van der Waals surface area contributed by atoms with Crippen molar-refractivity contribution in [3.05, 3.63) is 0 Å². The Balaban J connectivity index is 2.32. The van der Waals surface area contributed by atoms with Crippen molar-refractivity contribution in [1.82, 2.24) is 0 Å². The van der Waals surface area contributed by atoms with E-state index in [4.69, 9.17) is 5.26 Å². The summed E-state index contributed by atoms with van der Waals surface area (Å²) in [5.41, 5.74) is 0. The smallest absolute Gasteiger partial charge is 0.185 e. The number of thioether (sulfide) groups is 2. The van der Waals surface area contributed by atoms with Gasteiger partial charge < -0.3 is 0 Å². The van der Waals surface area contributed by atoms with Gasteiger partial charge in [0.15, 0.2) is 5.12 Å². The molecule has 0 spiro atoms. The lowest BCUT2D eigenvalue weighted by molar-refractivity contribution is -0.109.